The van der Waals surface area contributed by atoms with E-state index >= 15 is 0 Å². The molecule has 0 spiro atoms. The molecule has 32 heavy (non-hydrogen) atoms. The van der Waals surface area contributed by atoms with Gasteiger partial charge in [0.15, 0.2) is 0 Å². The normalized spacial score (nSPS) is 13.9. The molecule has 6 aromatic rings. The Morgan fingerprint density at radius 2 is 1.00 bits per heavy atom. The van der Waals surface area contributed by atoms with Crippen molar-refractivity contribution in [2.75, 3.05) is 0 Å². The first-order chi connectivity index (χ1) is 18.0. The zero-order valence-electron chi connectivity index (χ0n) is 22.2. The summed E-state index contributed by atoms with van der Waals surface area (Å²) in [7, 11) is 0. The van der Waals surface area contributed by atoms with Crippen molar-refractivity contribution in [2.24, 2.45) is 0 Å². The van der Waals surface area contributed by atoms with E-state index in [1.807, 2.05) is 42.5 Å². The van der Waals surface area contributed by atoms with Crippen LogP contribution in [0.1, 0.15) is 6.85 Å². The summed E-state index contributed by atoms with van der Waals surface area (Å²) in [5.74, 6) is 0. The number of hydrogen-bond donors (Lipinski definition) is 0. The Kier molecular flexibility index (Phi) is 2.77. The van der Waals surface area contributed by atoms with E-state index < -0.39 is 0 Å². The van der Waals surface area contributed by atoms with E-state index in [1.165, 1.54) is 0 Å². The van der Waals surface area contributed by atoms with Crippen molar-refractivity contribution >= 4 is 21.5 Å². The van der Waals surface area contributed by atoms with Crippen LogP contribution in [0.5, 0.6) is 0 Å². The van der Waals surface area contributed by atoms with Crippen LogP contribution in [-0.2, 0) is 0 Å². The highest BCUT2D eigenvalue weighted by Gasteiger charge is 2.29. The first-order valence-electron chi connectivity index (χ1n) is 13.2. The number of hydrogen-bond acceptors (Lipinski definition) is 0. The molecule has 0 amide bonds. The van der Waals surface area contributed by atoms with Crippen LogP contribution < -0.4 is 0 Å². The SMILES string of the molecule is [2H]c1c([2H])c([2H])c(-c2c3c(c(-c4ccccc4)c4ccccc24)-c2cccc4cccc-3c24)c([2H])c1[2H]. The third-order valence-corrected chi connectivity index (χ3v) is 6.47. The molecule has 0 fully saturated rings. The molecule has 0 unspecified atom stereocenters. The summed E-state index contributed by atoms with van der Waals surface area (Å²) in [5, 5.41) is 4.09. The van der Waals surface area contributed by atoms with E-state index in [9.17, 15) is 0 Å². The van der Waals surface area contributed by atoms with Crippen molar-refractivity contribution in [1.82, 2.24) is 0 Å². The zero-order chi connectivity index (χ0) is 25.4. The van der Waals surface area contributed by atoms with Gasteiger partial charge in [-0.05, 0) is 66.1 Å². The lowest BCUT2D eigenvalue weighted by Gasteiger charge is -2.20. The monoisotopic (exact) mass is 409 g/mol. The Hall–Kier alpha value is -4.16. The molecule has 1 aliphatic carbocycles. The van der Waals surface area contributed by atoms with Gasteiger partial charge in [-0.25, -0.2) is 0 Å². The van der Waals surface area contributed by atoms with Gasteiger partial charge < -0.3 is 0 Å². The molecule has 0 saturated heterocycles. The van der Waals surface area contributed by atoms with Crippen molar-refractivity contribution in [3.63, 3.8) is 0 Å². The van der Waals surface area contributed by atoms with Crippen LogP contribution in [0.15, 0.2) is 121 Å². The Morgan fingerprint density at radius 3 is 1.62 bits per heavy atom. The second-order valence-corrected chi connectivity index (χ2v) is 8.12. The van der Waals surface area contributed by atoms with Crippen molar-refractivity contribution in [2.45, 2.75) is 0 Å². The average molecular weight is 410 g/mol. The third kappa shape index (κ3) is 2.32. The Bertz CT molecular complexity index is 1890. The predicted octanol–water partition coefficient (Wildman–Crippen LogP) is 8.97. The zero-order valence-corrected chi connectivity index (χ0v) is 17.2. The summed E-state index contributed by atoms with van der Waals surface area (Å²) in [6.45, 7) is 0. The molecule has 1 aliphatic rings. The van der Waals surface area contributed by atoms with E-state index in [1.54, 1.807) is 0 Å². The lowest BCUT2D eigenvalue weighted by molar-refractivity contribution is 1.62. The molecule has 0 heteroatoms. The minimum Gasteiger partial charge on any atom is -0.0622 e. The fourth-order valence-electron chi connectivity index (χ4n) is 5.27. The van der Waals surface area contributed by atoms with Gasteiger partial charge in [-0.1, -0.05) is 121 Å². The Labute approximate surface area is 194 Å². The fourth-order valence-corrected chi connectivity index (χ4v) is 5.27. The van der Waals surface area contributed by atoms with E-state index in [0.717, 1.165) is 54.9 Å². The minimum absolute atomic E-state index is 0.186. The third-order valence-electron chi connectivity index (χ3n) is 6.47. The maximum atomic E-state index is 8.86. The van der Waals surface area contributed by atoms with E-state index in [0.29, 0.717) is 5.56 Å². The van der Waals surface area contributed by atoms with Gasteiger partial charge in [0.2, 0.25) is 0 Å². The first-order valence-corrected chi connectivity index (χ1v) is 10.7. The average Bonchev–Trinajstić information content (AvgIpc) is 3.27. The summed E-state index contributed by atoms with van der Waals surface area (Å²) in [6, 6.07) is 29.4. The van der Waals surface area contributed by atoms with E-state index in [-0.39, 0.29) is 35.8 Å². The summed E-state index contributed by atoms with van der Waals surface area (Å²) in [5.41, 5.74) is 7.17. The molecule has 0 radical (unpaired) electrons. The summed E-state index contributed by atoms with van der Waals surface area (Å²) in [4.78, 5) is 0. The van der Waals surface area contributed by atoms with Crippen LogP contribution in [0.3, 0.4) is 0 Å². The molecule has 0 heterocycles. The van der Waals surface area contributed by atoms with Crippen LogP contribution in [0.25, 0.3) is 66.1 Å². The quantitative estimate of drug-likeness (QED) is 0.267. The van der Waals surface area contributed by atoms with Crippen molar-refractivity contribution in [1.29, 1.82) is 0 Å². The Morgan fingerprint density at radius 1 is 0.438 bits per heavy atom. The summed E-state index contributed by atoms with van der Waals surface area (Å²) < 4.78 is 42.7. The van der Waals surface area contributed by atoms with Crippen LogP contribution in [-0.4, -0.2) is 0 Å². The maximum Gasteiger partial charge on any atom is 0.0629 e. The van der Waals surface area contributed by atoms with Crippen LogP contribution in [0.2, 0.25) is 0 Å². The molecule has 0 aliphatic heterocycles. The summed E-state index contributed by atoms with van der Waals surface area (Å²) >= 11 is 0. The lowest BCUT2D eigenvalue weighted by Crippen LogP contribution is -1.93. The highest BCUT2D eigenvalue weighted by atomic mass is 14.3. The molecule has 0 N–H and O–H groups in total. The maximum absolute atomic E-state index is 8.86. The number of rotatable bonds is 2. The topological polar surface area (TPSA) is 0 Å². The highest BCUT2D eigenvalue weighted by Crippen LogP contribution is 2.57. The van der Waals surface area contributed by atoms with Gasteiger partial charge in [-0.15, -0.1) is 0 Å². The molecule has 0 nitrogen and oxygen atoms in total. The molecule has 0 atom stereocenters. The molecule has 0 bridgehead atoms. The van der Waals surface area contributed by atoms with Crippen LogP contribution >= 0.6 is 0 Å². The lowest BCUT2D eigenvalue weighted by atomic mass is 9.82. The Balaban J connectivity index is 1.79. The highest BCUT2D eigenvalue weighted by molar-refractivity contribution is 6.27. The van der Waals surface area contributed by atoms with Gasteiger partial charge in [0, 0.05) is 0 Å². The van der Waals surface area contributed by atoms with Crippen molar-refractivity contribution in [3.8, 4) is 44.5 Å². The number of fused-ring (bicyclic) bond motifs is 4. The first kappa shape index (κ1) is 13.3. The molecular weight excluding hydrogens is 384 g/mol. The van der Waals surface area contributed by atoms with Gasteiger partial charge in [0.05, 0.1) is 6.85 Å². The van der Waals surface area contributed by atoms with E-state index in [2.05, 4.69) is 48.5 Å². The molecule has 7 rings (SSSR count). The molecular formula is C32H20. The standard InChI is InChI=1S/C32H20/c1-3-11-22(12-4-1)29-24-17-7-8-18-25(24)30(23-13-5-2-6-14-23)32-27-20-10-16-21-15-9-19-26(28(21)27)31(29)32/h1-20H/i1D,3D,4D,11D,12D. The second-order valence-electron chi connectivity index (χ2n) is 8.12. The van der Waals surface area contributed by atoms with E-state index in [4.69, 9.17) is 6.85 Å². The van der Waals surface area contributed by atoms with Gasteiger partial charge >= 0.3 is 0 Å². The minimum atomic E-state index is -0.383. The molecule has 0 aromatic heterocycles. The molecule has 148 valence electrons. The second kappa shape index (κ2) is 6.67. The van der Waals surface area contributed by atoms with Crippen molar-refractivity contribution < 1.29 is 6.85 Å². The molecule has 6 aromatic carbocycles. The fraction of sp³-hybridized carbons (Fsp3) is 0. The smallest absolute Gasteiger partial charge is 0.0622 e. The molecule has 0 saturated carbocycles. The number of benzene rings is 6. The summed E-state index contributed by atoms with van der Waals surface area (Å²) in [6.07, 6.45) is 0. The van der Waals surface area contributed by atoms with Crippen LogP contribution in [0, 0.1) is 0 Å². The van der Waals surface area contributed by atoms with Gasteiger partial charge in [-0.3, -0.25) is 0 Å². The van der Waals surface area contributed by atoms with Gasteiger partial charge in [0.25, 0.3) is 0 Å². The van der Waals surface area contributed by atoms with Gasteiger partial charge in [-0.2, -0.15) is 0 Å². The predicted molar refractivity (Wildman–Crippen MR) is 137 cm³/mol. The van der Waals surface area contributed by atoms with Gasteiger partial charge in [0.1, 0.15) is 0 Å². The largest absolute Gasteiger partial charge is 0.0629 e. The van der Waals surface area contributed by atoms with Crippen LogP contribution in [0.4, 0.5) is 0 Å². The van der Waals surface area contributed by atoms with Crippen molar-refractivity contribution in [3.05, 3.63) is 121 Å².